The molecular formula is C71H42N4O. The highest BCUT2D eigenvalue weighted by atomic mass is 16.3. The van der Waals surface area contributed by atoms with Crippen LogP contribution in [0.4, 0.5) is 0 Å². The van der Waals surface area contributed by atoms with Gasteiger partial charge in [0.15, 0.2) is 11.4 Å². The minimum atomic E-state index is -0.451. The van der Waals surface area contributed by atoms with Crippen LogP contribution in [0, 0.1) is 0 Å². The lowest BCUT2D eigenvalue weighted by Gasteiger charge is -2.30. The number of nitrogens with zero attached hydrogens (tertiary/aromatic N) is 4. The van der Waals surface area contributed by atoms with Crippen molar-refractivity contribution in [2.75, 3.05) is 0 Å². The summed E-state index contributed by atoms with van der Waals surface area (Å²) in [6.45, 7) is 0. The second kappa shape index (κ2) is 15.5. The molecule has 17 rings (SSSR count). The highest BCUT2D eigenvalue weighted by molar-refractivity contribution is 6.14. The summed E-state index contributed by atoms with van der Waals surface area (Å²) in [4.78, 5) is 11.3. The first kappa shape index (κ1) is 41.4. The second-order valence-electron chi connectivity index (χ2n) is 20.4. The van der Waals surface area contributed by atoms with E-state index in [4.69, 9.17) is 14.4 Å². The van der Waals surface area contributed by atoms with Gasteiger partial charge in [0.1, 0.15) is 11.1 Å². The van der Waals surface area contributed by atoms with Gasteiger partial charge in [0, 0.05) is 26.9 Å². The summed E-state index contributed by atoms with van der Waals surface area (Å²) in [6.07, 6.45) is 0. The van der Waals surface area contributed by atoms with Crippen LogP contribution >= 0.6 is 0 Å². The molecule has 11 aromatic carbocycles. The van der Waals surface area contributed by atoms with Crippen molar-refractivity contribution in [2.45, 2.75) is 5.41 Å². The van der Waals surface area contributed by atoms with Crippen molar-refractivity contribution in [3.05, 3.63) is 277 Å². The third-order valence-electron chi connectivity index (χ3n) is 16.6. The number of benzene rings is 11. The SMILES string of the molecule is c1ccc(-c2ccc3c(c2)c2ccccc2n3-c2nc(-n3c4ccccc4c4cc(-c5ccccc5)ccc43)c3oc4ccc(-c5ccc6c(c5)C5(c7ccccc7-c7ccccc75)c5ccccc5-6)cc4c3n2)cc1. The van der Waals surface area contributed by atoms with E-state index in [1.807, 2.05) is 0 Å². The van der Waals surface area contributed by atoms with Gasteiger partial charge in [-0.15, -0.1) is 0 Å². The first-order valence-electron chi connectivity index (χ1n) is 26.1. The first-order chi connectivity index (χ1) is 37.7. The van der Waals surface area contributed by atoms with E-state index in [-0.39, 0.29) is 0 Å². The number of hydrogen-bond donors (Lipinski definition) is 0. The Bertz CT molecular complexity index is 4880. The Balaban J connectivity index is 0.926. The monoisotopic (exact) mass is 966 g/mol. The maximum atomic E-state index is 7.12. The van der Waals surface area contributed by atoms with Gasteiger partial charge in [0.2, 0.25) is 5.95 Å². The Morgan fingerprint density at radius 3 is 1.34 bits per heavy atom. The van der Waals surface area contributed by atoms with Crippen LogP contribution in [0.25, 0.3) is 133 Å². The van der Waals surface area contributed by atoms with Gasteiger partial charge in [-0.3, -0.25) is 9.13 Å². The van der Waals surface area contributed by atoms with Gasteiger partial charge in [-0.2, -0.15) is 4.98 Å². The lowest BCUT2D eigenvalue weighted by Crippen LogP contribution is -2.25. The molecule has 0 aliphatic heterocycles. The molecule has 0 unspecified atom stereocenters. The van der Waals surface area contributed by atoms with E-state index in [0.717, 1.165) is 82.4 Å². The average molecular weight is 967 g/mol. The maximum absolute atomic E-state index is 7.12. The van der Waals surface area contributed by atoms with Crippen molar-refractivity contribution in [1.29, 1.82) is 0 Å². The molecule has 2 aliphatic carbocycles. The Morgan fingerprint density at radius 1 is 0.303 bits per heavy atom. The van der Waals surface area contributed by atoms with E-state index in [0.29, 0.717) is 17.3 Å². The molecule has 0 fully saturated rings. The highest BCUT2D eigenvalue weighted by Crippen LogP contribution is 2.63. The quantitative estimate of drug-likeness (QED) is 0.173. The van der Waals surface area contributed by atoms with Gasteiger partial charge in [0.25, 0.3) is 0 Å². The van der Waals surface area contributed by atoms with Gasteiger partial charge in [-0.1, -0.05) is 200 Å². The topological polar surface area (TPSA) is 48.8 Å². The zero-order valence-corrected chi connectivity index (χ0v) is 40.9. The van der Waals surface area contributed by atoms with Crippen molar-refractivity contribution in [3.8, 4) is 67.4 Å². The van der Waals surface area contributed by atoms with E-state index in [1.54, 1.807) is 0 Å². The lowest BCUT2D eigenvalue weighted by atomic mass is 9.70. The summed E-state index contributed by atoms with van der Waals surface area (Å²) >= 11 is 0. The molecule has 0 atom stereocenters. The molecule has 0 N–H and O–H groups in total. The van der Waals surface area contributed by atoms with Crippen LogP contribution < -0.4 is 0 Å². The van der Waals surface area contributed by atoms with E-state index >= 15 is 0 Å². The Labute approximate surface area is 436 Å². The summed E-state index contributed by atoms with van der Waals surface area (Å²) in [5.41, 5.74) is 23.1. The van der Waals surface area contributed by atoms with Crippen molar-refractivity contribution in [1.82, 2.24) is 19.1 Å². The van der Waals surface area contributed by atoms with E-state index in [2.05, 4.69) is 264 Å². The highest BCUT2D eigenvalue weighted by Gasteiger charge is 2.51. The molecular weight excluding hydrogens is 925 g/mol. The zero-order valence-electron chi connectivity index (χ0n) is 40.9. The molecule has 15 aromatic rings. The molecule has 4 aromatic heterocycles. The third kappa shape index (κ3) is 5.58. The van der Waals surface area contributed by atoms with E-state index < -0.39 is 5.41 Å². The van der Waals surface area contributed by atoms with Crippen LogP contribution in [-0.2, 0) is 5.41 Å². The molecule has 0 amide bonds. The third-order valence-corrected chi connectivity index (χ3v) is 16.6. The summed E-state index contributed by atoms with van der Waals surface area (Å²) in [7, 11) is 0. The maximum Gasteiger partial charge on any atom is 0.237 e. The molecule has 5 heteroatoms. The number of para-hydroxylation sites is 2. The van der Waals surface area contributed by atoms with Crippen molar-refractivity contribution in [2.24, 2.45) is 0 Å². The van der Waals surface area contributed by atoms with E-state index in [9.17, 15) is 0 Å². The van der Waals surface area contributed by atoms with Crippen LogP contribution in [0.3, 0.4) is 0 Å². The molecule has 4 heterocycles. The minimum absolute atomic E-state index is 0.451. The fourth-order valence-electron chi connectivity index (χ4n) is 13.3. The molecule has 352 valence electrons. The molecule has 0 saturated heterocycles. The number of hydrogen-bond acceptors (Lipinski definition) is 3. The molecule has 5 nitrogen and oxygen atoms in total. The molecule has 1 spiro atoms. The van der Waals surface area contributed by atoms with Crippen LogP contribution in [0.1, 0.15) is 22.3 Å². The van der Waals surface area contributed by atoms with Crippen LogP contribution in [0.5, 0.6) is 0 Å². The molecule has 76 heavy (non-hydrogen) atoms. The number of fused-ring (bicyclic) bond motifs is 19. The van der Waals surface area contributed by atoms with E-state index in [1.165, 1.54) is 55.6 Å². The molecule has 2 aliphatic rings. The first-order valence-corrected chi connectivity index (χ1v) is 26.1. The summed E-state index contributed by atoms with van der Waals surface area (Å²) in [6, 6.07) is 92.7. The summed E-state index contributed by atoms with van der Waals surface area (Å²) in [5, 5.41) is 5.46. The van der Waals surface area contributed by atoms with Gasteiger partial charge in [0.05, 0.1) is 27.5 Å². The minimum Gasteiger partial charge on any atom is -0.450 e. The Kier molecular flexibility index (Phi) is 8.42. The lowest BCUT2D eigenvalue weighted by molar-refractivity contribution is 0.661. The fraction of sp³-hybridized carbons (Fsp3) is 0.0141. The van der Waals surface area contributed by atoms with Gasteiger partial charge < -0.3 is 4.42 Å². The average Bonchev–Trinajstić information content (AvgIpc) is 4.36. The smallest absolute Gasteiger partial charge is 0.237 e. The number of aromatic nitrogens is 4. The molecule has 0 saturated carbocycles. The largest absolute Gasteiger partial charge is 0.450 e. The number of furan rings is 1. The Hall–Kier alpha value is -10.1. The van der Waals surface area contributed by atoms with Crippen molar-refractivity contribution < 1.29 is 4.42 Å². The fourth-order valence-corrected chi connectivity index (χ4v) is 13.3. The number of rotatable bonds is 5. The van der Waals surface area contributed by atoms with Gasteiger partial charge >= 0.3 is 0 Å². The van der Waals surface area contributed by atoms with Crippen molar-refractivity contribution in [3.63, 3.8) is 0 Å². The zero-order chi connectivity index (χ0) is 49.6. The van der Waals surface area contributed by atoms with Crippen LogP contribution in [-0.4, -0.2) is 19.1 Å². The predicted molar refractivity (Wildman–Crippen MR) is 311 cm³/mol. The van der Waals surface area contributed by atoms with Crippen molar-refractivity contribution >= 4 is 65.7 Å². The summed E-state index contributed by atoms with van der Waals surface area (Å²) < 4.78 is 11.6. The second-order valence-corrected chi connectivity index (χ2v) is 20.4. The standard InChI is InChI=1S/C71H42N4O/c1-3-17-43(18-4-1)45-32-36-64-55(39-45)53-24-10-15-29-62(53)74(64)69-68-67(72-70(73-69)75-63-30-16-11-25-54(63)56-40-46(33-37-65(56)75)44-19-5-2-6-20-44)57-41-47(34-38-66(57)76-68)48-31-35-52-51-23-9-14-28-60(51)71(61(52)42-48)58-26-12-7-21-49(58)50-22-8-13-27-59(50)71/h1-42H. The predicted octanol–water partition coefficient (Wildman–Crippen LogP) is 17.9. The van der Waals surface area contributed by atoms with Gasteiger partial charge in [-0.25, -0.2) is 4.98 Å². The normalized spacial score (nSPS) is 13.1. The molecule has 0 bridgehead atoms. The Morgan fingerprint density at radius 2 is 0.737 bits per heavy atom. The van der Waals surface area contributed by atoms with Crippen LogP contribution in [0.15, 0.2) is 259 Å². The summed E-state index contributed by atoms with van der Waals surface area (Å²) in [5.74, 6) is 1.25. The van der Waals surface area contributed by atoms with Gasteiger partial charge in [-0.05, 0) is 132 Å². The molecule has 0 radical (unpaired) electrons. The van der Waals surface area contributed by atoms with Crippen LogP contribution in [0.2, 0.25) is 0 Å².